The summed E-state index contributed by atoms with van der Waals surface area (Å²) in [4.78, 5) is 12.4. The first kappa shape index (κ1) is 15.7. The Kier molecular flexibility index (Phi) is 4.32. The van der Waals surface area contributed by atoms with Crippen molar-refractivity contribution in [2.75, 3.05) is 11.9 Å². The molecule has 0 radical (unpaired) electrons. The highest BCUT2D eigenvalue weighted by Crippen LogP contribution is 2.30. The Morgan fingerprint density at radius 2 is 2.12 bits per heavy atom. The summed E-state index contributed by atoms with van der Waals surface area (Å²) in [5.74, 6) is 0. The van der Waals surface area contributed by atoms with Crippen LogP contribution in [0.3, 0.4) is 0 Å². The van der Waals surface area contributed by atoms with Gasteiger partial charge in [-0.2, -0.15) is 5.10 Å². The predicted molar refractivity (Wildman–Crippen MR) is 91.4 cm³/mol. The highest BCUT2D eigenvalue weighted by Gasteiger charge is 2.25. The number of nitrogens with one attached hydrogen (secondary N) is 1. The monoisotopic (exact) mass is 347 g/mol. The van der Waals surface area contributed by atoms with Crippen LogP contribution in [-0.2, 0) is 17.8 Å². The van der Waals surface area contributed by atoms with Crippen LogP contribution in [0.1, 0.15) is 48.0 Å². The van der Waals surface area contributed by atoms with Crippen LogP contribution in [0.25, 0.3) is 0 Å². The molecule has 1 fully saturated rings. The summed E-state index contributed by atoms with van der Waals surface area (Å²) in [5.41, 5.74) is 1.96. The lowest BCUT2D eigenvalue weighted by Gasteiger charge is -2.30. The lowest BCUT2D eigenvalue weighted by molar-refractivity contribution is 0.107. The minimum Gasteiger partial charge on any atom is -0.376 e. The van der Waals surface area contributed by atoms with E-state index in [4.69, 9.17) is 4.74 Å². The summed E-state index contributed by atoms with van der Waals surface area (Å²) in [5, 5.41) is 18.1. The van der Waals surface area contributed by atoms with E-state index < -0.39 is 0 Å². The Hall–Kier alpha value is -1.80. The highest BCUT2D eigenvalue weighted by atomic mass is 32.1. The topological polar surface area (TPSA) is 81.9 Å². The third-order valence-electron chi connectivity index (χ3n) is 4.76. The number of anilines is 1. The molecule has 7 nitrogen and oxygen atoms in total. The molecular weight excluding hydrogens is 326 g/mol. The van der Waals surface area contributed by atoms with Crippen LogP contribution in [0.4, 0.5) is 5.13 Å². The molecule has 2 aromatic rings. The van der Waals surface area contributed by atoms with Crippen molar-refractivity contribution in [1.29, 1.82) is 0 Å². The number of aromatic nitrogens is 4. The van der Waals surface area contributed by atoms with E-state index in [1.54, 1.807) is 22.1 Å². The summed E-state index contributed by atoms with van der Waals surface area (Å²) in [6.45, 7) is 3.16. The Morgan fingerprint density at radius 3 is 2.88 bits per heavy atom. The van der Waals surface area contributed by atoms with Gasteiger partial charge in [0.2, 0.25) is 5.13 Å². The van der Waals surface area contributed by atoms with Gasteiger partial charge in [-0.25, -0.2) is 4.68 Å². The van der Waals surface area contributed by atoms with Crippen LogP contribution in [0, 0.1) is 6.92 Å². The number of hydrogen-bond acceptors (Lipinski definition) is 7. The molecule has 2 aliphatic rings. The smallest absolute Gasteiger partial charge is 0.267 e. The summed E-state index contributed by atoms with van der Waals surface area (Å²) < 4.78 is 7.11. The van der Waals surface area contributed by atoms with Gasteiger partial charge in [0, 0.05) is 24.1 Å². The van der Waals surface area contributed by atoms with E-state index in [1.165, 1.54) is 0 Å². The third-order valence-corrected chi connectivity index (χ3v) is 5.53. The molecule has 1 aliphatic heterocycles. The SMILES string of the molecule is Cc1nnc(NC2CCC(n3nc4c(cc3=O)COCC4)CC2)s1. The Morgan fingerprint density at radius 1 is 1.29 bits per heavy atom. The van der Waals surface area contributed by atoms with Crippen molar-refractivity contribution in [2.45, 2.75) is 57.7 Å². The van der Waals surface area contributed by atoms with Crippen molar-refractivity contribution in [3.8, 4) is 0 Å². The molecule has 0 bridgehead atoms. The van der Waals surface area contributed by atoms with E-state index in [9.17, 15) is 4.79 Å². The summed E-state index contributed by atoms with van der Waals surface area (Å²) in [7, 11) is 0. The minimum absolute atomic E-state index is 0.00425. The summed E-state index contributed by atoms with van der Waals surface area (Å²) >= 11 is 1.58. The second-order valence-corrected chi connectivity index (χ2v) is 7.66. The lowest BCUT2D eigenvalue weighted by Crippen LogP contribution is -2.35. The number of rotatable bonds is 3. The number of aryl methyl sites for hydroxylation is 1. The van der Waals surface area contributed by atoms with Gasteiger partial charge in [0.1, 0.15) is 5.01 Å². The van der Waals surface area contributed by atoms with E-state index in [2.05, 4.69) is 20.6 Å². The zero-order valence-electron chi connectivity index (χ0n) is 13.7. The third kappa shape index (κ3) is 3.21. The van der Waals surface area contributed by atoms with Crippen LogP contribution in [0.15, 0.2) is 10.9 Å². The highest BCUT2D eigenvalue weighted by molar-refractivity contribution is 7.15. The molecule has 0 spiro atoms. The van der Waals surface area contributed by atoms with Gasteiger partial charge in [0.05, 0.1) is 24.9 Å². The van der Waals surface area contributed by atoms with Gasteiger partial charge in [-0.3, -0.25) is 4.79 Å². The van der Waals surface area contributed by atoms with Gasteiger partial charge in [-0.15, -0.1) is 10.2 Å². The van der Waals surface area contributed by atoms with Crippen LogP contribution >= 0.6 is 11.3 Å². The van der Waals surface area contributed by atoms with Gasteiger partial charge in [-0.1, -0.05) is 11.3 Å². The van der Waals surface area contributed by atoms with Crippen LogP contribution in [0.5, 0.6) is 0 Å². The zero-order chi connectivity index (χ0) is 16.5. The van der Waals surface area contributed by atoms with Crippen molar-refractivity contribution in [3.63, 3.8) is 0 Å². The Balaban J connectivity index is 1.43. The van der Waals surface area contributed by atoms with Crippen molar-refractivity contribution in [1.82, 2.24) is 20.0 Å². The average Bonchev–Trinajstić information content (AvgIpc) is 3.00. The molecule has 128 valence electrons. The van der Waals surface area contributed by atoms with Crippen LogP contribution < -0.4 is 10.9 Å². The second-order valence-electron chi connectivity index (χ2n) is 6.48. The molecular formula is C16H21N5O2S. The zero-order valence-corrected chi connectivity index (χ0v) is 14.5. The average molecular weight is 347 g/mol. The first-order valence-corrected chi connectivity index (χ1v) is 9.26. The van der Waals surface area contributed by atoms with Gasteiger partial charge in [0.15, 0.2) is 0 Å². The van der Waals surface area contributed by atoms with Crippen molar-refractivity contribution < 1.29 is 4.74 Å². The van der Waals surface area contributed by atoms with Gasteiger partial charge >= 0.3 is 0 Å². The van der Waals surface area contributed by atoms with Crippen LogP contribution in [0.2, 0.25) is 0 Å². The molecule has 1 aliphatic carbocycles. The second kappa shape index (κ2) is 6.60. The van der Waals surface area contributed by atoms with E-state index in [0.29, 0.717) is 19.3 Å². The van der Waals surface area contributed by atoms with E-state index >= 15 is 0 Å². The maximum Gasteiger partial charge on any atom is 0.267 e. The molecule has 0 unspecified atom stereocenters. The standard InChI is InChI=1S/C16H21N5O2S/c1-10-18-19-16(24-10)17-12-2-4-13(5-3-12)21-15(22)8-11-9-23-7-6-14(11)20-21/h8,12-13H,2-7,9H2,1H3,(H,17,19). The molecule has 1 saturated carbocycles. The molecule has 8 heteroatoms. The number of ether oxygens (including phenoxy) is 1. The first-order valence-electron chi connectivity index (χ1n) is 8.45. The first-order chi connectivity index (χ1) is 11.7. The quantitative estimate of drug-likeness (QED) is 0.915. The fraction of sp³-hybridized carbons (Fsp3) is 0.625. The Labute approximate surface area is 144 Å². The predicted octanol–water partition coefficient (Wildman–Crippen LogP) is 2.07. The van der Waals surface area contributed by atoms with Crippen molar-refractivity contribution in [3.05, 3.63) is 32.7 Å². The molecule has 0 atom stereocenters. The number of nitrogens with zero attached hydrogens (tertiary/aromatic N) is 4. The summed E-state index contributed by atoms with van der Waals surface area (Å²) in [6, 6.07) is 2.30. The van der Waals surface area contributed by atoms with E-state index in [1.807, 2.05) is 6.92 Å². The minimum atomic E-state index is -0.00425. The molecule has 0 amide bonds. The molecule has 4 rings (SSSR count). The lowest BCUT2D eigenvalue weighted by atomic mass is 9.91. The number of hydrogen-bond donors (Lipinski definition) is 1. The van der Waals surface area contributed by atoms with Crippen molar-refractivity contribution in [2.24, 2.45) is 0 Å². The molecule has 24 heavy (non-hydrogen) atoms. The number of fused-ring (bicyclic) bond motifs is 1. The molecule has 2 aromatic heterocycles. The molecule has 3 heterocycles. The normalized spacial score (nSPS) is 23.7. The van der Waals surface area contributed by atoms with Crippen LogP contribution in [-0.4, -0.2) is 32.6 Å². The Bertz CT molecular complexity index is 779. The molecule has 0 saturated heterocycles. The van der Waals surface area contributed by atoms with E-state index in [0.717, 1.165) is 53.5 Å². The largest absolute Gasteiger partial charge is 0.376 e. The fourth-order valence-corrected chi connectivity index (χ4v) is 4.15. The van der Waals surface area contributed by atoms with Crippen molar-refractivity contribution >= 4 is 16.5 Å². The fourth-order valence-electron chi connectivity index (χ4n) is 3.48. The maximum atomic E-state index is 12.4. The van der Waals surface area contributed by atoms with E-state index in [-0.39, 0.29) is 11.6 Å². The maximum absolute atomic E-state index is 12.4. The molecule has 0 aromatic carbocycles. The molecule has 1 N–H and O–H groups in total. The van der Waals surface area contributed by atoms with Gasteiger partial charge < -0.3 is 10.1 Å². The van der Waals surface area contributed by atoms with Gasteiger partial charge in [0.25, 0.3) is 5.56 Å². The van der Waals surface area contributed by atoms with Gasteiger partial charge in [-0.05, 0) is 32.6 Å². The summed E-state index contributed by atoms with van der Waals surface area (Å²) in [6.07, 6.45) is 4.73.